The van der Waals surface area contributed by atoms with Gasteiger partial charge in [0.05, 0.1) is 19.1 Å². The number of benzene rings is 3. The lowest BCUT2D eigenvalue weighted by molar-refractivity contribution is -0.131. The average Bonchev–Trinajstić information content (AvgIpc) is 3.39. The van der Waals surface area contributed by atoms with Gasteiger partial charge in [-0.2, -0.15) is 0 Å². The van der Waals surface area contributed by atoms with Gasteiger partial charge in [-0.25, -0.2) is 9.38 Å². The largest absolute Gasteiger partial charge is 0.497 e. The van der Waals surface area contributed by atoms with E-state index in [0.29, 0.717) is 22.9 Å². The number of carbonyl (C=O) groups is 1. The van der Waals surface area contributed by atoms with Crippen LogP contribution in [0.4, 0.5) is 15.8 Å². The first kappa shape index (κ1) is 26.2. The number of aryl methyl sites for hydroxylation is 2. The van der Waals surface area contributed by atoms with E-state index in [9.17, 15) is 9.18 Å². The van der Waals surface area contributed by atoms with Crippen LogP contribution in [0.3, 0.4) is 0 Å². The first-order valence-electron chi connectivity index (χ1n) is 12.8. The molecule has 1 unspecified atom stereocenters. The van der Waals surface area contributed by atoms with Crippen molar-refractivity contribution < 1.29 is 13.9 Å². The third-order valence-electron chi connectivity index (χ3n) is 7.28. The van der Waals surface area contributed by atoms with E-state index in [4.69, 9.17) is 21.3 Å². The van der Waals surface area contributed by atoms with Crippen LogP contribution in [0.2, 0.25) is 5.02 Å². The standard InChI is InChI=1S/C30H32ClFN4O2/c1-18-8-21(31)13-24(9-18)36-17-34-28-10-19(2)26(20-11-22(32)14-25(12-20)38-4)15-27(28)29(36)30(37)35(3)16-23-6-5-7-33-23/h8-15,17,23,29,33H,5-7,16H2,1-4H3/t23-,29?/m0/s1. The Morgan fingerprint density at radius 1 is 1.18 bits per heavy atom. The van der Waals surface area contributed by atoms with E-state index in [1.54, 1.807) is 17.3 Å². The Hall–Kier alpha value is -3.42. The summed E-state index contributed by atoms with van der Waals surface area (Å²) in [5, 5.41) is 4.07. The number of nitrogens with one attached hydrogen (secondary N) is 1. The summed E-state index contributed by atoms with van der Waals surface area (Å²) in [5.41, 5.74) is 5.66. The van der Waals surface area contributed by atoms with Crippen molar-refractivity contribution in [1.82, 2.24) is 10.2 Å². The SMILES string of the molecule is COc1cc(F)cc(-c2cc3c(cc2C)N=CN(c2cc(C)cc(Cl)c2)C3C(=O)N(C)C[C@@H]2CCCN2)c1. The monoisotopic (exact) mass is 534 g/mol. The van der Waals surface area contributed by atoms with Crippen LogP contribution in [0, 0.1) is 19.7 Å². The van der Waals surface area contributed by atoms with Gasteiger partial charge in [0.2, 0.25) is 5.91 Å². The van der Waals surface area contributed by atoms with Gasteiger partial charge in [0.15, 0.2) is 0 Å². The second kappa shape index (κ2) is 10.8. The van der Waals surface area contributed by atoms with Crippen LogP contribution in [-0.2, 0) is 4.79 Å². The van der Waals surface area contributed by atoms with Crippen molar-refractivity contribution in [2.45, 2.75) is 38.8 Å². The Morgan fingerprint density at radius 2 is 2.00 bits per heavy atom. The van der Waals surface area contributed by atoms with Crippen LogP contribution < -0.4 is 15.0 Å². The van der Waals surface area contributed by atoms with Crippen molar-refractivity contribution in [2.24, 2.45) is 4.99 Å². The average molecular weight is 535 g/mol. The topological polar surface area (TPSA) is 57.2 Å². The molecule has 2 aliphatic heterocycles. The molecule has 0 spiro atoms. The number of halogens is 2. The van der Waals surface area contributed by atoms with Gasteiger partial charge in [0.25, 0.3) is 0 Å². The summed E-state index contributed by atoms with van der Waals surface area (Å²) in [5.74, 6) is -0.0000996. The normalized spacial score (nSPS) is 18.4. The zero-order chi connectivity index (χ0) is 27.0. The molecule has 2 atom stereocenters. The summed E-state index contributed by atoms with van der Waals surface area (Å²) < 4.78 is 19.8. The molecule has 0 bridgehead atoms. The van der Waals surface area contributed by atoms with Gasteiger partial charge in [-0.1, -0.05) is 11.6 Å². The van der Waals surface area contributed by atoms with E-state index in [1.165, 1.54) is 19.2 Å². The maximum absolute atomic E-state index is 14.4. The molecule has 6 nitrogen and oxygen atoms in total. The Kier molecular flexibility index (Phi) is 7.41. The highest BCUT2D eigenvalue weighted by molar-refractivity contribution is 6.31. The molecule has 3 aromatic carbocycles. The lowest BCUT2D eigenvalue weighted by Crippen LogP contribution is -2.46. The van der Waals surface area contributed by atoms with Crippen LogP contribution in [0.15, 0.2) is 53.5 Å². The van der Waals surface area contributed by atoms with Crippen molar-refractivity contribution in [3.63, 3.8) is 0 Å². The number of nitrogens with zero attached hydrogens (tertiary/aromatic N) is 3. The smallest absolute Gasteiger partial charge is 0.250 e. The second-order valence-electron chi connectivity index (χ2n) is 10.2. The van der Waals surface area contributed by atoms with Crippen molar-refractivity contribution in [1.29, 1.82) is 0 Å². The number of carbonyl (C=O) groups excluding carboxylic acids is 1. The number of hydrogen-bond donors (Lipinski definition) is 1. The number of ether oxygens (including phenoxy) is 1. The molecule has 198 valence electrons. The maximum Gasteiger partial charge on any atom is 0.250 e. The molecule has 0 aliphatic carbocycles. The van der Waals surface area contributed by atoms with Crippen LogP contribution >= 0.6 is 11.6 Å². The zero-order valence-electron chi connectivity index (χ0n) is 22.1. The molecule has 0 radical (unpaired) electrons. The molecule has 0 aromatic heterocycles. The van der Waals surface area contributed by atoms with E-state index >= 15 is 0 Å². The van der Waals surface area contributed by atoms with Gasteiger partial charge >= 0.3 is 0 Å². The van der Waals surface area contributed by atoms with Gasteiger partial charge in [-0.15, -0.1) is 0 Å². The molecule has 1 saturated heterocycles. The summed E-state index contributed by atoms with van der Waals surface area (Å²) in [7, 11) is 3.36. The number of likely N-dealkylation sites (N-methyl/N-ethyl adjacent to an activating group) is 1. The fourth-order valence-corrected chi connectivity index (χ4v) is 5.69. The second-order valence-corrected chi connectivity index (χ2v) is 10.6. The molecule has 0 saturated carbocycles. The van der Waals surface area contributed by atoms with Gasteiger partial charge in [0, 0.05) is 42.0 Å². The summed E-state index contributed by atoms with van der Waals surface area (Å²) >= 11 is 6.42. The molecule has 1 N–H and O–H groups in total. The number of hydrogen-bond acceptors (Lipinski definition) is 5. The molecule has 8 heteroatoms. The van der Waals surface area contributed by atoms with E-state index < -0.39 is 6.04 Å². The Labute approximate surface area is 228 Å². The summed E-state index contributed by atoms with van der Waals surface area (Å²) in [6.07, 6.45) is 3.86. The highest BCUT2D eigenvalue weighted by Crippen LogP contribution is 2.42. The van der Waals surface area contributed by atoms with Gasteiger partial charge in [-0.3, -0.25) is 4.79 Å². The van der Waals surface area contributed by atoms with Gasteiger partial charge in [0.1, 0.15) is 17.6 Å². The Balaban J connectivity index is 1.62. The van der Waals surface area contributed by atoms with Gasteiger partial charge in [-0.05, 0) is 98.0 Å². The predicted molar refractivity (Wildman–Crippen MR) is 151 cm³/mol. The summed E-state index contributed by atoms with van der Waals surface area (Å²) in [4.78, 5) is 22.6. The van der Waals surface area contributed by atoms with Gasteiger partial charge < -0.3 is 19.9 Å². The first-order chi connectivity index (χ1) is 18.2. The zero-order valence-corrected chi connectivity index (χ0v) is 22.8. The summed E-state index contributed by atoms with van der Waals surface area (Å²) in [6, 6.07) is 13.9. The molecular formula is C30H32ClFN4O2. The van der Waals surface area contributed by atoms with E-state index in [-0.39, 0.29) is 17.8 Å². The molecule has 3 aromatic rings. The number of aliphatic imine (C=N–C) groups is 1. The quantitative estimate of drug-likeness (QED) is 0.409. The predicted octanol–water partition coefficient (Wildman–Crippen LogP) is 6.20. The molecule has 1 amide bonds. The van der Waals surface area contributed by atoms with Crippen LogP contribution in [-0.4, -0.2) is 50.4 Å². The lowest BCUT2D eigenvalue weighted by atomic mass is 9.91. The summed E-state index contributed by atoms with van der Waals surface area (Å²) in [6.45, 7) is 5.52. The lowest BCUT2D eigenvalue weighted by Gasteiger charge is -2.36. The van der Waals surface area contributed by atoms with Crippen molar-refractivity contribution in [2.75, 3.05) is 32.1 Å². The fourth-order valence-electron chi connectivity index (χ4n) is 5.40. The number of rotatable bonds is 6. The minimum atomic E-state index is -0.665. The number of amides is 1. The van der Waals surface area contributed by atoms with Crippen molar-refractivity contribution in [3.05, 3.63) is 76.1 Å². The first-order valence-corrected chi connectivity index (χ1v) is 13.2. The minimum Gasteiger partial charge on any atom is -0.497 e. The van der Waals surface area contributed by atoms with Crippen LogP contribution in [0.25, 0.3) is 11.1 Å². The molecular weight excluding hydrogens is 503 g/mol. The Morgan fingerprint density at radius 3 is 2.71 bits per heavy atom. The molecule has 2 heterocycles. The molecule has 38 heavy (non-hydrogen) atoms. The van der Waals surface area contributed by atoms with E-state index in [2.05, 4.69) is 5.32 Å². The highest BCUT2D eigenvalue weighted by atomic mass is 35.5. The van der Waals surface area contributed by atoms with Crippen LogP contribution in [0.5, 0.6) is 5.75 Å². The number of methoxy groups -OCH3 is 1. The molecule has 5 rings (SSSR count). The van der Waals surface area contributed by atoms with Crippen molar-refractivity contribution >= 4 is 35.2 Å². The molecule has 1 fully saturated rings. The minimum absolute atomic E-state index is 0.0460. The van der Waals surface area contributed by atoms with E-state index in [1.807, 2.05) is 56.1 Å². The highest BCUT2D eigenvalue weighted by Gasteiger charge is 2.36. The Bertz CT molecular complexity index is 1380. The number of fused-ring (bicyclic) bond motifs is 1. The third-order valence-corrected chi connectivity index (χ3v) is 7.50. The van der Waals surface area contributed by atoms with E-state index in [0.717, 1.165) is 53.0 Å². The molecule has 2 aliphatic rings. The maximum atomic E-state index is 14.4. The third kappa shape index (κ3) is 5.26. The number of anilines is 1. The van der Waals surface area contributed by atoms with Crippen LogP contribution in [0.1, 0.15) is 35.6 Å². The fraction of sp³-hybridized carbons (Fsp3) is 0.333. The van der Waals surface area contributed by atoms with Crippen molar-refractivity contribution in [3.8, 4) is 16.9 Å².